The average Bonchev–Trinajstić information content (AvgIpc) is 3.03. The van der Waals surface area contributed by atoms with Crippen molar-refractivity contribution in [3.8, 4) is 5.75 Å². The van der Waals surface area contributed by atoms with Crippen LogP contribution >= 0.6 is 23.2 Å². The van der Waals surface area contributed by atoms with Gasteiger partial charge in [-0.1, -0.05) is 77.3 Å². The van der Waals surface area contributed by atoms with E-state index in [1.54, 1.807) is 54.6 Å². The van der Waals surface area contributed by atoms with Crippen molar-refractivity contribution >= 4 is 50.7 Å². The molecule has 0 saturated carbocycles. The summed E-state index contributed by atoms with van der Waals surface area (Å²) >= 11 is 12.7. The topological polar surface area (TPSA) is 96.0 Å². The second-order valence-electron chi connectivity index (χ2n) is 11.4. The summed E-state index contributed by atoms with van der Waals surface area (Å²) < 4.78 is 35.1. The molecule has 248 valence electrons. The zero-order valence-corrected chi connectivity index (χ0v) is 29.1. The minimum absolute atomic E-state index is 0.0236. The van der Waals surface area contributed by atoms with Crippen molar-refractivity contribution in [2.24, 2.45) is 0 Å². The number of sulfonamides is 1. The number of carbonyl (C=O) groups excluding carboxylic acids is 2. The van der Waals surface area contributed by atoms with Gasteiger partial charge in [-0.3, -0.25) is 13.9 Å². The third-order valence-electron chi connectivity index (χ3n) is 7.38. The molecule has 0 saturated heterocycles. The predicted molar refractivity (Wildman–Crippen MR) is 188 cm³/mol. The number of rotatable bonds is 14. The minimum atomic E-state index is -4.23. The third-order valence-corrected chi connectivity index (χ3v) is 9.76. The monoisotopic (exact) mass is 695 g/mol. The summed E-state index contributed by atoms with van der Waals surface area (Å²) in [6.45, 7) is 7.16. The molecule has 0 aliphatic carbocycles. The van der Waals surface area contributed by atoms with Crippen molar-refractivity contribution in [2.75, 3.05) is 17.5 Å². The van der Waals surface area contributed by atoms with E-state index in [2.05, 4.69) is 5.32 Å². The Hall–Kier alpha value is -4.05. The van der Waals surface area contributed by atoms with Gasteiger partial charge in [-0.05, 0) is 87.4 Å². The van der Waals surface area contributed by atoms with E-state index in [-0.39, 0.29) is 35.5 Å². The van der Waals surface area contributed by atoms with Gasteiger partial charge in [0.05, 0.1) is 17.2 Å². The Labute approximate surface area is 287 Å². The lowest BCUT2D eigenvalue weighted by Crippen LogP contribution is -2.54. The van der Waals surface area contributed by atoms with E-state index in [1.807, 2.05) is 58.0 Å². The molecule has 0 aromatic heterocycles. The van der Waals surface area contributed by atoms with E-state index in [0.717, 1.165) is 15.4 Å². The number of aryl methyl sites for hydroxylation is 1. The highest BCUT2D eigenvalue weighted by Gasteiger charge is 2.35. The molecule has 4 aromatic carbocycles. The zero-order chi connectivity index (χ0) is 34.1. The van der Waals surface area contributed by atoms with Crippen LogP contribution in [-0.4, -0.2) is 50.4 Å². The van der Waals surface area contributed by atoms with Gasteiger partial charge in [0.25, 0.3) is 10.0 Å². The number of halogens is 2. The Morgan fingerprint density at radius 2 is 1.55 bits per heavy atom. The molecular weight excluding hydrogens is 657 g/mol. The Morgan fingerprint density at radius 3 is 2.15 bits per heavy atom. The first-order valence-corrected chi connectivity index (χ1v) is 17.5. The third kappa shape index (κ3) is 9.50. The van der Waals surface area contributed by atoms with Gasteiger partial charge in [0, 0.05) is 29.1 Å². The molecule has 0 fully saturated rings. The van der Waals surface area contributed by atoms with Crippen molar-refractivity contribution in [2.45, 2.75) is 57.6 Å². The smallest absolute Gasteiger partial charge is 0.264 e. The summed E-state index contributed by atoms with van der Waals surface area (Å²) in [5.74, 6) is -0.417. The highest BCUT2D eigenvalue weighted by Crippen LogP contribution is 2.28. The minimum Gasteiger partial charge on any atom is -0.494 e. The fourth-order valence-corrected chi connectivity index (χ4v) is 6.89. The maximum atomic E-state index is 14.6. The van der Waals surface area contributed by atoms with Crippen LogP contribution in [0, 0.1) is 6.92 Å². The Morgan fingerprint density at radius 1 is 0.894 bits per heavy atom. The molecule has 0 radical (unpaired) electrons. The first-order valence-electron chi connectivity index (χ1n) is 15.3. The van der Waals surface area contributed by atoms with E-state index in [4.69, 9.17) is 27.9 Å². The molecule has 11 heteroatoms. The lowest BCUT2D eigenvalue weighted by atomic mass is 10.0. The molecule has 0 heterocycles. The van der Waals surface area contributed by atoms with Gasteiger partial charge in [0.2, 0.25) is 11.8 Å². The van der Waals surface area contributed by atoms with E-state index < -0.39 is 28.5 Å². The molecule has 4 rings (SSSR count). The van der Waals surface area contributed by atoms with E-state index in [1.165, 1.54) is 17.0 Å². The summed E-state index contributed by atoms with van der Waals surface area (Å²) in [5, 5.41) is 3.67. The number of amides is 2. The van der Waals surface area contributed by atoms with Crippen LogP contribution in [0.5, 0.6) is 5.75 Å². The normalized spacial score (nSPS) is 12.0. The van der Waals surface area contributed by atoms with Gasteiger partial charge in [-0.25, -0.2) is 8.42 Å². The van der Waals surface area contributed by atoms with Crippen molar-refractivity contribution in [1.29, 1.82) is 0 Å². The molecule has 1 N–H and O–H groups in total. The fraction of sp³-hybridized carbons (Fsp3) is 0.278. The van der Waals surface area contributed by atoms with Gasteiger partial charge in [0.15, 0.2) is 0 Å². The van der Waals surface area contributed by atoms with Crippen molar-refractivity contribution in [1.82, 2.24) is 10.2 Å². The van der Waals surface area contributed by atoms with Crippen LogP contribution < -0.4 is 14.4 Å². The number of hydrogen-bond acceptors (Lipinski definition) is 5. The van der Waals surface area contributed by atoms with Crippen molar-refractivity contribution in [3.63, 3.8) is 0 Å². The fourth-order valence-electron chi connectivity index (χ4n) is 5.01. The molecular formula is C36H39Cl2N3O5S. The molecule has 47 heavy (non-hydrogen) atoms. The summed E-state index contributed by atoms with van der Waals surface area (Å²) in [7, 11) is -4.23. The van der Waals surface area contributed by atoms with E-state index in [0.29, 0.717) is 28.0 Å². The van der Waals surface area contributed by atoms with Gasteiger partial charge in [-0.15, -0.1) is 0 Å². The van der Waals surface area contributed by atoms with Crippen LogP contribution in [0.2, 0.25) is 10.0 Å². The van der Waals surface area contributed by atoms with Crippen LogP contribution in [0.15, 0.2) is 102 Å². The summed E-state index contributed by atoms with van der Waals surface area (Å²) in [6, 6.07) is 26.0. The number of carbonyl (C=O) groups is 2. The number of anilines is 1. The van der Waals surface area contributed by atoms with Gasteiger partial charge in [-0.2, -0.15) is 0 Å². The number of nitrogens with zero attached hydrogens (tertiary/aromatic N) is 2. The lowest BCUT2D eigenvalue weighted by Gasteiger charge is -2.34. The Balaban J connectivity index is 1.82. The number of benzene rings is 4. The predicted octanol–water partition coefficient (Wildman–Crippen LogP) is 7.06. The van der Waals surface area contributed by atoms with Gasteiger partial charge in [0.1, 0.15) is 18.3 Å². The highest BCUT2D eigenvalue weighted by molar-refractivity contribution is 7.92. The Kier molecular flexibility index (Phi) is 12.3. The van der Waals surface area contributed by atoms with Crippen LogP contribution in [-0.2, 0) is 32.6 Å². The second kappa shape index (κ2) is 16.2. The molecule has 8 nitrogen and oxygen atoms in total. The highest BCUT2D eigenvalue weighted by atomic mass is 35.5. The van der Waals surface area contributed by atoms with Crippen LogP contribution in [0.3, 0.4) is 0 Å². The quantitative estimate of drug-likeness (QED) is 0.152. The van der Waals surface area contributed by atoms with Crippen molar-refractivity contribution < 1.29 is 22.7 Å². The van der Waals surface area contributed by atoms with Gasteiger partial charge < -0.3 is 15.0 Å². The lowest BCUT2D eigenvalue weighted by molar-refractivity contribution is -0.140. The average molecular weight is 697 g/mol. The second-order valence-corrected chi connectivity index (χ2v) is 14.1. The molecule has 0 aliphatic heterocycles. The number of nitrogens with one attached hydrogen (secondary N) is 1. The zero-order valence-electron chi connectivity index (χ0n) is 26.8. The van der Waals surface area contributed by atoms with Crippen LogP contribution in [0.4, 0.5) is 5.69 Å². The van der Waals surface area contributed by atoms with E-state index >= 15 is 0 Å². The van der Waals surface area contributed by atoms with E-state index in [9.17, 15) is 18.0 Å². The SMILES string of the molecule is CCOc1ccc(N(CC(=O)N(Cc2ccc(Cl)cc2Cl)[C@H](Cc2ccccc2)C(=O)NC(C)C)S(=O)(=O)c2ccc(C)cc2)cc1. The molecule has 0 aliphatic rings. The molecule has 1 atom stereocenters. The van der Waals surface area contributed by atoms with Crippen molar-refractivity contribution in [3.05, 3.63) is 124 Å². The first kappa shape index (κ1) is 35.8. The summed E-state index contributed by atoms with van der Waals surface area (Å²) in [5.41, 5.74) is 2.53. The Bertz CT molecular complexity index is 1770. The maximum absolute atomic E-state index is 14.6. The maximum Gasteiger partial charge on any atom is 0.264 e. The summed E-state index contributed by atoms with van der Waals surface area (Å²) in [4.78, 5) is 29.8. The number of hydrogen-bond donors (Lipinski definition) is 1. The molecule has 2 amide bonds. The number of ether oxygens (including phenoxy) is 1. The van der Waals surface area contributed by atoms with Crippen LogP contribution in [0.1, 0.15) is 37.5 Å². The molecule has 0 bridgehead atoms. The first-order chi connectivity index (χ1) is 22.4. The van der Waals surface area contributed by atoms with Gasteiger partial charge >= 0.3 is 0 Å². The molecule has 4 aromatic rings. The standard InChI is InChI=1S/C36H39Cl2N3O5S/c1-5-46-31-17-15-30(16-18-31)41(47(44,45)32-19-11-26(4)12-20-32)24-35(42)40(23-28-13-14-29(37)22-33(28)38)34(36(43)39-25(2)3)21-27-9-7-6-8-10-27/h6-20,22,25,34H,5,21,23-24H2,1-4H3,(H,39,43)/t34-/m1/s1. The summed E-state index contributed by atoms with van der Waals surface area (Å²) in [6.07, 6.45) is 0.185. The largest absolute Gasteiger partial charge is 0.494 e. The van der Waals surface area contributed by atoms with Crippen LogP contribution in [0.25, 0.3) is 0 Å². The molecule has 0 spiro atoms. The molecule has 0 unspecified atom stereocenters.